The van der Waals surface area contributed by atoms with Gasteiger partial charge < -0.3 is 5.32 Å². The number of nitrogens with zero attached hydrogens (tertiary/aromatic N) is 2. The first-order valence-corrected chi connectivity index (χ1v) is 7.38. The molecule has 1 aromatic carbocycles. The number of carbonyl (C=O) groups is 1. The number of carbonyl (C=O) groups excluding carboxylic acids is 1. The molecule has 3 rings (SSSR count). The minimum absolute atomic E-state index is 0.139. The van der Waals surface area contributed by atoms with Crippen molar-refractivity contribution in [2.75, 3.05) is 0 Å². The van der Waals surface area contributed by atoms with Crippen LogP contribution in [-0.2, 0) is 4.79 Å². The van der Waals surface area contributed by atoms with Crippen molar-refractivity contribution in [3.63, 3.8) is 0 Å². The predicted octanol–water partition coefficient (Wildman–Crippen LogP) is 2.98. The first kappa shape index (κ1) is 13.8. The van der Waals surface area contributed by atoms with Crippen LogP contribution in [0.4, 0.5) is 0 Å². The molecule has 0 bridgehead atoms. The number of benzene rings is 1. The number of piperidine rings is 1. The second kappa shape index (κ2) is 5.41. The maximum absolute atomic E-state index is 12.9. The highest BCUT2D eigenvalue weighted by Gasteiger charge is 2.28. The Bertz CT molecular complexity index is 925. The van der Waals surface area contributed by atoms with Crippen molar-refractivity contribution < 1.29 is 6.17 Å². The van der Waals surface area contributed by atoms with Gasteiger partial charge in [-0.25, -0.2) is 4.98 Å². The number of aromatic nitrogens is 2. The molecule has 1 fully saturated rings. The normalized spacial score (nSPS) is 22.6. The summed E-state index contributed by atoms with van der Waals surface area (Å²) in [4.78, 5) is 29.5. The number of hydrogen-bond donors (Lipinski definition) is 1. The van der Waals surface area contributed by atoms with E-state index < -0.39 is 17.5 Å². The molecule has 1 aliphatic heterocycles. The number of nitrogens with one attached hydrogen (secondary N) is 1. The molecule has 7 heteroatoms. The first-order chi connectivity index (χ1) is 10.7. The smallest absolute Gasteiger partial charge is 0.262 e. The zero-order chi connectivity index (χ0) is 16.9. The molecule has 0 radical (unpaired) electrons. The third kappa shape index (κ3) is 2.40. The van der Waals surface area contributed by atoms with Crippen LogP contribution in [0.1, 0.15) is 26.1 Å². The Morgan fingerprint density at radius 3 is 2.86 bits per heavy atom. The Morgan fingerprint density at radius 2 is 2.18 bits per heavy atom. The maximum atomic E-state index is 12.9. The standard InChI is InChI=1S/C15H13Cl2N3O2/c1-7-3-4-12(14(21)18-7)20-8(2)19-13-10(15(20)22)5-9(16)6-11(13)17/h5-6,12H,1,3-4H2,2H3,(H,18,21)/t12-/m0/s1/i12D. The fraction of sp³-hybridized carbons (Fsp3) is 0.267. The van der Waals surface area contributed by atoms with Crippen LogP contribution in [0.3, 0.4) is 0 Å². The number of fused-ring (bicyclic) bond motifs is 1. The van der Waals surface area contributed by atoms with E-state index in [1.807, 2.05) is 0 Å². The van der Waals surface area contributed by atoms with Crippen molar-refractivity contribution >= 4 is 40.0 Å². The van der Waals surface area contributed by atoms with Gasteiger partial charge in [-0.2, -0.15) is 0 Å². The van der Waals surface area contributed by atoms with E-state index in [0.717, 1.165) is 4.57 Å². The molecule has 1 atom stereocenters. The summed E-state index contributed by atoms with van der Waals surface area (Å²) in [6.07, 6.45) is 0.551. The summed E-state index contributed by atoms with van der Waals surface area (Å²) in [6.45, 7) is 5.26. The summed E-state index contributed by atoms with van der Waals surface area (Å²) in [6, 6.07) is 1.16. The van der Waals surface area contributed by atoms with Crippen molar-refractivity contribution in [2.45, 2.75) is 25.8 Å². The number of hydrogen-bond acceptors (Lipinski definition) is 3. The van der Waals surface area contributed by atoms with E-state index in [2.05, 4.69) is 16.9 Å². The topological polar surface area (TPSA) is 64.0 Å². The molecular weight excluding hydrogens is 325 g/mol. The SMILES string of the molecule is [2H][C@]1(n2c(C)nc3c(Cl)cc(Cl)cc3c2=O)CCC(=C)NC1=O. The van der Waals surface area contributed by atoms with Gasteiger partial charge in [0.15, 0.2) is 0 Å². The lowest BCUT2D eigenvalue weighted by atomic mass is 10.0. The highest BCUT2D eigenvalue weighted by molar-refractivity contribution is 6.38. The molecule has 0 aliphatic carbocycles. The fourth-order valence-electron chi connectivity index (χ4n) is 2.53. The maximum Gasteiger partial charge on any atom is 0.262 e. The number of amides is 1. The monoisotopic (exact) mass is 338 g/mol. The zero-order valence-electron chi connectivity index (χ0n) is 12.7. The van der Waals surface area contributed by atoms with Gasteiger partial charge in [-0.1, -0.05) is 29.8 Å². The lowest BCUT2D eigenvalue weighted by Crippen LogP contribution is -2.41. The molecule has 114 valence electrons. The van der Waals surface area contributed by atoms with E-state index >= 15 is 0 Å². The summed E-state index contributed by atoms with van der Waals surface area (Å²) in [5, 5.41) is 3.25. The molecule has 1 amide bonds. The molecule has 1 aromatic heterocycles. The molecule has 1 saturated heterocycles. The Hall–Kier alpha value is -1.85. The van der Waals surface area contributed by atoms with Crippen LogP contribution in [0.15, 0.2) is 29.2 Å². The number of halogens is 2. The first-order valence-electron chi connectivity index (χ1n) is 7.12. The van der Waals surface area contributed by atoms with Gasteiger partial charge in [-0.05, 0) is 31.9 Å². The van der Waals surface area contributed by atoms with Gasteiger partial charge >= 0.3 is 0 Å². The average Bonchev–Trinajstić information content (AvgIpc) is 2.45. The van der Waals surface area contributed by atoms with Gasteiger partial charge in [0.2, 0.25) is 5.91 Å². The average molecular weight is 339 g/mol. The van der Waals surface area contributed by atoms with E-state index in [9.17, 15) is 9.59 Å². The molecule has 2 aromatic rings. The van der Waals surface area contributed by atoms with E-state index in [1.165, 1.54) is 12.1 Å². The molecule has 1 aliphatic rings. The molecule has 1 N–H and O–H groups in total. The van der Waals surface area contributed by atoms with Crippen LogP contribution >= 0.6 is 23.2 Å². The number of aryl methyl sites for hydroxylation is 1. The molecule has 5 nitrogen and oxygen atoms in total. The summed E-state index contributed by atoms with van der Waals surface area (Å²) >= 11 is 12.1. The van der Waals surface area contributed by atoms with Crippen molar-refractivity contribution in [2.24, 2.45) is 0 Å². The van der Waals surface area contributed by atoms with Gasteiger partial charge in [0.25, 0.3) is 5.56 Å². The molecule has 0 saturated carbocycles. The van der Waals surface area contributed by atoms with E-state index in [4.69, 9.17) is 24.6 Å². The third-order valence-corrected chi connectivity index (χ3v) is 4.05. The predicted molar refractivity (Wildman–Crippen MR) is 86.3 cm³/mol. The molecule has 0 unspecified atom stereocenters. The highest BCUT2D eigenvalue weighted by Crippen LogP contribution is 2.27. The van der Waals surface area contributed by atoms with Crippen molar-refractivity contribution in [3.05, 3.63) is 50.6 Å². The van der Waals surface area contributed by atoms with Crippen molar-refractivity contribution in [1.82, 2.24) is 14.9 Å². The molecular formula is C15H13Cl2N3O2. The Morgan fingerprint density at radius 1 is 1.45 bits per heavy atom. The Kier molecular flexibility index (Phi) is 3.39. The van der Waals surface area contributed by atoms with Crippen molar-refractivity contribution in [1.29, 1.82) is 0 Å². The second-order valence-electron chi connectivity index (χ2n) is 5.09. The van der Waals surface area contributed by atoms with Crippen LogP contribution in [0, 0.1) is 6.92 Å². The van der Waals surface area contributed by atoms with Crippen LogP contribution in [-0.4, -0.2) is 15.5 Å². The lowest BCUT2D eigenvalue weighted by molar-refractivity contribution is -0.124. The Labute approximate surface area is 138 Å². The third-order valence-electron chi connectivity index (χ3n) is 3.54. The summed E-state index contributed by atoms with van der Waals surface area (Å²) < 4.78 is 9.61. The zero-order valence-corrected chi connectivity index (χ0v) is 13.3. The van der Waals surface area contributed by atoms with Gasteiger partial charge in [-0.3, -0.25) is 14.2 Å². The quantitative estimate of drug-likeness (QED) is 0.869. The van der Waals surface area contributed by atoms with Crippen molar-refractivity contribution in [3.8, 4) is 0 Å². The molecule has 2 heterocycles. The van der Waals surface area contributed by atoms with Gasteiger partial charge in [-0.15, -0.1) is 0 Å². The second-order valence-corrected chi connectivity index (χ2v) is 5.93. The number of allylic oxidation sites excluding steroid dienone is 1. The summed E-state index contributed by atoms with van der Waals surface area (Å²) in [5.41, 5.74) is 0.317. The summed E-state index contributed by atoms with van der Waals surface area (Å²) in [7, 11) is 0. The molecule has 22 heavy (non-hydrogen) atoms. The number of rotatable bonds is 1. The van der Waals surface area contributed by atoms with Gasteiger partial charge in [0, 0.05) is 10.7 Å². The minimum Gasteiger partial charge on any atom is -0.329 e. The van der Waals surface area contributed by atoms with E-state index in [-0.39, 0.29) is 27.7 Å². The van der Waals surface area contributed by atoms with E-state index in [0.29, 0.717) is 17.6 Å². The highest BCUT2D eigenvalue weighted by atomic mass is 35.5. The van der Waals surface area contributed by atoms with Crippen LogP contribution in [0.2, 0.25) is 10.0 Å². The van der Waals surface area contributed by atoms with Gasteiger partial charge in [0.1, 0.15) is 11.8 Å². The largest absolute Gasteiger partial charge is 0.329 e. The fourth-order valence-corrected chi connectivity index (χ4v) is 3.07. The van der Waals surface area contributed by atoms with E-state index in [1.54, 1.807) is 6.92 Å². The molecule has 0 spiro atoms. The minimum atomic E-state index is -1.78. The lowest BCUT2D eigenvalue weighted by Gasteiger charge is -2.26. The van der Waals surface area contributed by atoms with Crippen LogP contribution in [0.25, 0.3) is 10.9 Å². The van der Waals surface area contributed by atoms with Crippen LogP contribution < -0.4 is 10.9 Å². The Balaban J connectivity index is 2.32. The van der Waals surface area contributed by atoms with Gasteiger partial charge in [0.05, 0.1) is 17.3 Å². The van der Waals surface area contributed by atoms with Crippen LogP contribution in [0.5, 0.6) is 0 Å². The summed E-state index contributed by atoms with van der Waals surface area (Å²) in [5.74, 6) is -0.363.